The fraction of sp³-hybridized carbons (Fsp3) is 0.536. The Morgan fingerprint density at radius 2 is 2.03 bits per heavy atom. The van der Waals surface area contributed by atoms with Crippen LogP contribution < -0.4 is 5.73 Å². The summed E-state index contributed by atoms with van der Waals surface area (Å²) in [4.78, 5) is 4.34. The van der Waals surface area contributed by atoms with Crippen molar-refractivity contribution in [3.8, 4) is 0 Å². The van der Waals surface area contributed by atoms with Gasteiger partial charge in [0.15, 0.2) is 0 Å². The Kier molecular flexibility index (Phi) is 3.71. The van der Waals surface area contributed by atoms with Crippen molar-refractivity contribution in [3.05, 3.63) is 65.5 Å². The molecule has 32 heavy (non-hydrogen) atoms. The molecule has 3 unspecified atom stereocenters. The molecule has 0 radical (unpaired) electrons. The number of aromatic nitrogens is 1. The van der Waals surface area contributed by atoms with Crippen molar-refractivity contribution in [2.24, 2.45) is 11.1 Å². The van der Waals surface area contributed by atoms with E-state index in [4.69, 9.17) is 10.5 Å². The molecule has 5 aliphatic rings. The molecule has 4 nitrogen and oxygen atoms in total. The Balaban J connectivity index is 1.34. The number of hydrogen-bond acceptors (Lipinski definition) is 4. The average molecular weight is 429 g/mol. The van der Waals surface area contributed by atoms with Gasteiger partial charge in [0, 0.05) is 24.2 Å². The van der Waals surface area contributed by atoms with Gasteiger partial charge in [0.25, 0.3) is 0 Å². The number of pyridine rings is 1. The van der Waals surface area contributed by atoms with Gasteiger partial charge in [-0.05, 0) is 90.5 Å². The van der Waals surface area contributed by atoms with Crippen LogP contribution in [0.4, 0.5) is 0 Å². The maximum Gasteiger partial charge on any atom is 0.113 e. The van der Waals surface area contributed by atoms with E-state index in [9.17, 15) is 5.11 Å². The predicted molar refractivity (Wildman–Crippen MR) is 125 cm³/mol. The molecule has 2 spiro atoms. The number of benzene rings is 1. The van der Waals surface area contributed by atoms with E-state index in [1.807, 2.05) is 12.4 Å². The molecule has 4 heteroatoms. The van der Waals surface area contributed by atoms with Gasteiger partial charge in [-0.25, -0.2) is 0 Å². The molecule has 0 amide bonds. The second-order valence-electron chi connectivity index (χ2n) is 11.3. The summed E-state index contributed by atoms with van der Waals surface area (Å²) >= 11 is 0. The molecule has 166 valence electrons. The van der Waals surface area contributed by atoms with Crippen LogP contribution in [0.3, 0.4) is 0 Å². The lowest BCUT2D eigenvalue weighted by molar-refractivity contribution is -0.154. The number of hydrogen-bond donors (Lipinski definition) is 2. The van der Waals surface area contributed by atoms with Crippen LogP contribution in [-0.4, -0.2) is 32.9 Å². The van der Waals surface area contributed by atoms with Gasteiger partial charge >= 0.3 is 0 Å². The summed E-state index contributed by atoms with van der Waals surface area (Å²) in [5.41, 5.74) is 10.4. The minimum Gasteiger partial charge on any atom is -0.393 e. The zero-order valence-corrected chi connectivity index (χ0v) is 18.8. The third-order valence-electron chi connectivity index (χ3n) is 10.1. The molecule has 3 fully saturated rings. The van der Waals surface area contributed by atoms with Crippen molar-refractivity contribution < 1.29 is 9.84 Å². The smallest absolute Gasteiger partial charge is 0.113 e. The number of ether oxygens (including phenoxy) is 1. The standard InChI is InChI=1S/C28H32N2O2/c1-25-9-6-22-15-21-4-5-23(31)16-26(21)11-12-27(22,32-26)28(25,29)10-7-24(25)19-3-2-18-8-13-30-17-20(18)14-19/h2-3,6,8,13-15,17,23-24,31H,4-5,7,9-12,16,29H2,1H3/t23?,24?,25?,26-,27-,28+/m1/s1. The number of nitrogens with two attached hydrogens (primary N) is 1. The number of aliphatic hydroxyl groups is 1. The van der Waals surface area contributed by atoms with Crippen LogP contribution in [0.25, 0.3) is 10.8 Å². The first-order valence-corrected chi connectivity index (χ1v) is 12.3. The monoisotopic (exact) mass is 428 g/mol. The van der Waals surface area contributed by atoms with E-state index in [-0.39, 0.29) is 17.1 Å². The maximum atomic E-state index is 10.5. The van der Waals surface area contributed by atoms with Gasteiger partial charge < -0.3 is 15.6 Å². The second kappa shape index (κ2) is 6.11. The first-order chi connectivity index (χ1) is 15.4. The molecular formula is C28H32N2O2. The fourth-order valence-corrected chi connectivity index (χ4v) is 8.31. The van der Waals surface area contributed by atoms with E-state index in [0.717, 1.165) is 51.4 Å². The molecular weight excluding hydrogens is 396 g/mol. The van der Waals surface area contributed by atoms with Gasteiger partial charge in [0.05, 0.1) is 17.2 Å². The van der Waals surface area contributed by atoms with Gasteiger partial charge in [-0.2, -0.15) is 0 Å². The molecule has 2 bridgehead atoms. The molecule has 3 heterocycles. The van der Waals surface area contributed by atoms with Gasteiger partial charge in [-0.3, -0.25) is 4.98 Å². The number of aliphatic hydroxyl groups excluding tert-OH is 1. The Bertz CT molecular complexity index is 1200. The largest absolute Gasteiger partial charge is 0.393 e. The Hall–Kier alpha value is -2.01. The summed E-state index contributed by atoms with van der Waals surface area (Å²) in [5, 5.41) is 12.9. The van der Waals surface area contributed by atoms with Gasteiger partial charge in [-0.1, -0.05) is 31.2 Å². The zero-order chi connectivity index (χ0) is 21.8. The summed E-state index contributed by atoms with van der Waals surface area (Å²) in [6, 6.07) is 8.94. The lowest BCUT2D eigenvalue weighted by Gasteiger charge is -2.59. The number of nitrogens with zero attached hydrogens (tertiary/aromatic N) is 1. The van der Waals surface area contributed by atoms with E-state index >= 15 is 0 Å². The van der Waals surface area contributed by atoms with Crippen molar-refractivity contribution >= 4 is 10.8 Å². The molecule has 3 aliphatic carbocycles. The lowest BCUT2D eigenvalue weighted by atomic mass is 9.53. The number of fused-ring (bicyclic) bond motifs is 2. The van der Waals surface area contributed by atoms with Crippen LogP contribution in [0.2, 0.25) is 0 Å². The minimum absolute atomic E-state index is 0.0729. The number of allylic oxidation sites excluding steroid dienone is 1. The van der Waals surface area contributed by atoms with E-state index < -0.39 is 11.1 Å². The summed E-state index contributed by atoms with van der Waals surface area (Å²) in [5.74, 6) is 0.395. The van der Waals surface area contributed by atoms with E-state index in [1.54, 1.807) is 0 Å². The molecule has 6 atom stereocenters. The third kappa shape index (κ3) is 2.17. The van der Waals surface area contributed by atoms with Crippen molar-refractivity contribution in [1.29, 1.82) is 0 Å². The van der Waals surface area contributed by atoms with Crippen molar-refractivity contribution in [1.82, 2.24) is 4.98 Å². The second-order valence-corrected chi connectivity index (χ2v) is 11.3. The number of rotatable bonds is 1. The third-order valence-corrected chi connectivity index (χ3v) is 10.1. The minimum atomic E-state index is -0.423. The Morgan fingerprint density at radius 1 is 1.12 bits per heavy atom. The van der Waals surface area contributed by atoms with Gasteiger partial charge in [0.2, 0.25) is 0 Å². The quantitative estimate of drug-likeness (QED) is 0.677. The highest BCUT2D eigenvalue weighted by Gasteiger charge is 2.72. The van der Waals surface area contributed by atoms with Crippen molar-refractivity contribution in [2.45, 2.75) is 87.1 Å². The average Bonchev–Trinajstić information content (AvgIpc) is 3.26. The normalized spacial score (nSPS) is 44.5. The van der Waals surface area contributed by atoms with Crippen molar-refractivity contribution in [2.75, 3.05) is 0 Å². The highest BCUT2D eigenvalue weighted by Crippen LogP contribution is 2.70. The molecule has 7 rings (SSSR count). The highest BCUT2D eigenvalue weighted by molar-refractivity contribution is 5.82. The summed E-state index contributed by atoms with van der Waals surface area (Å²) < 4.78 is 7.16. The van der Waals surface area contributed by atoms with E-state index in [2.05, 4.69) is 48.3 Å². The first kappa shape index (κ1) is 19.5. The highest BCUT2D eigenvalue weighted by atomic mass is 16.5. The van der Waals surface area contributed by atoms with Crippen LogP contribution in [0.15, 0.2) is 60.0 Å². The molecule has 3 N–H and O–H groups in total. The molecule has 1 aromatic carbocycles. The molecule has 2 saturated carbocycles. The molecule has 2 aromatic rings. The van der Waals surface area contributed by atoms with Crippen LogP contribution in [-0.2, 0) is 4.74 Å². The molecule has 1 saturated heterocycles. The summed E-state index contributed by atoms with van der Waals surface area (Å²) in [6.45, 7) is 2.41. The van der Waals surface area contributed by atoms with Gasteiger partial charge in [0.1, 0.15) is 5.60 Å². The molecule has 2 aliphatic heterocycles. The first-order valence-electron chi connectivity index (χ1n) is 12.3. The fourth-order valence-electron chi connectivity index (χ4n) is 8.31. The zero-order valence-electron chi connectivity index (χ0n) is 18.8. The topological polar surface area (TPSA) is 68.4 Å². The van der Waals surface area contributed by atoms with Crippen LogP contribution >= 0.6 is 0 Å². The van der Waals surface area contributed by atoms with Crippen LogP contribution in [0.1, 0.15) is 69.8 Å². The van der Waals surface area contributed by atoms with E-state index in [0.29, 0.717) is 5.92 Å². The summed E-state index contributed by atoms with van der Waals surface area (Å²) in [7, 11) is 0. The van der Waals surface area contributed by atoms with Crippen LogP contribution in [0, 0.1) is 5.41 Å². The van der Waals surface area contributed by atoms with Crippen molar-refractivity contribution in [3.63, 3.8) is 0 Å². The Morgan fingerprint density at radius 3 is 2.94 bits per heavy atom. The maximum absolute atomic E-state index is 10.5. The summed E-state index contributed by atoms with van der Waals surface area (Å²) in [6.07, 6.45) is 15.9. The Labute approximate surface area is 189 Å². The lowest BCUT2D eigenvalue weighted by Crippen LogP contribution is -2.70. The van der Waals surface area contributed by atoms with Crippen LogP contribution in [0.5, 0.6) is 0 Å². The van der Waals surface area contributed by atoms with Gasteiger partial charge in [-0.15, -0.1) is 0 Å². The predicted octanol–water partition coefficient (Wildman–Crippen LogP) is 4.92. The SMILES string of the molecule is CC12CC=C3C=C4CCC(O)C[C@]45CC[C@]3(O5)[C@]1(N)CCC2c1ccc2ccncc2c1. The van der Waals surface area contributed by atoms with E-state index in [1.165, 1.54) is 27.5 Å². The molecule has 1 aromatic heterocycles.